The lowest BCUT2D eigenvalue weighted by Gasteiger charge is -2.24. The van der Waals surface area contributed by atoms with Gasteiger partial charge in [0.05, 0.1) is 17.1 Å². The molecule has 7 heteroatoms. The van der Waals surface area contributed by atoms with Crippen molar-refractivity contribution in [2.45, 2.75) is 31.0 Å². The third kappa shape index (κ3) is 4.46. The predicted octanol–water partition coefficient (Wildman–Crippen LogP) is 0.0211. The summed E-state index contributed by atoms with van der Waals surface area (Å²) in [4.78, 5) is 0.0861. The van der Waals surface area contributed by atoms with Crippen LogP contribution >= 0.6 is 0 Å². The monoisotopic (exact) mass is 288 g/mol. The predicted molar refractivity (Wildman–Crippen MR) is 73.0 cm³/mol. The molecular formula is C12H20N2O4S. The molecule has 0 bridgehead atoms. The molecule has 108 valence electrons. The van der Waals surface area contributed by atoms with Gasteiger partial charge in [0.2, 0.25) is 10.0 Å². The van der Waals surface area contributed by atoms with Crippen molar-refractivity contribution in [1.82, 2.24) is 4.31 Å². The molecule has 0 heterocycles. The van der Waals surface area contributed by atoms with Crippen molar-refractivity contribution in [3.63, 3.8) is 0 Å². The smallest absolute Gasteiger partial charge is 0.243 e. The van der Waals surface area contributed by atoms with Gasteiger partial charge < -0.3 is 15.9 Å². The quantitative estimate of drug-likeness (QED) is 0.640. The molecule has 0 spiro atoms. The summed E-state index contributed by atoms with van der Waals surface area (Å²) in [6.45, 7) is 2.84. The van der Waals surface area contributed by atoms with Gasteiger partial charge in [0, 0.05) is 18.8 Å². The topological polar surface area (TPSA) is 104 Å². The van der Waals surface area contributed by atoms with Crippen molar-refractivity contribution in [1.29, 1.82) is 0 Å². The zero-order chi connectivity index (χ0) is 14.6. The molecule has 0 saturated heterocycles. The van der Waals surface area contributed by atoms with Gasteiger partial charge in [0.1, 0.15) is 0 Å². The molecule has 0 unspecified atom stereocenters. The molecule has 1 aromatic rings. The minimum Gasteiger partial charge on any atom is -0.399 e. The van der Waals surface area contributed by atoms with E-state index in [0.717, 1.165) is 4.31 Å². The summed E-state index contributed by atoms with van der Waals surface area (Å²) in [7, 11) is -3.75. The Hall–Kier alpha value is -1.15. The summed E-state index contributed by atoms with van der Waals surface area (Å²) < 4.78 is 25.8. The van der Waals surface area contributed by atoms with Crippen LogP contribution < -0.4 is 5.73 Å². The fraction of sp³-hybridized carbons (Fsp3) is 0.500. The van der Waals surface area contributed by atoms with Crippen LogP contribution in [-0.2, 0) is 10.0 Å². The number of hydrogen-bond acceptors (Lipinski definition) is 5. The van der Waals surface area contributed by atoms with Crippen LogP contribution in [0.1, 0.15) is 13.8 Å². The summed E-state index contributed by atoms with van der Waals surface area (Å²) in [6.07, 6.45) is -1.63. The van der Waals surface area contributed by atoms with Gasteiger partial charge in [-0.2, -0.15) is 4.31 Å². The number of benzene rings is 1. The second-order valence-electron chi connectivity index (χ2n) is 4.59. The molecule has 0 saturated carbocycles. The van der Waals surface area contributed by atoms with Crippen molar-refractivity contribution < 1.29 is 18.6 Å². The molecule has 0 aliphatic carbocycles. The van der Waals surface area contributed by atoms with Gasteiger partial charge in [0.25, 0.3) is 0 Å². The molecule has 1 aromatic carbocycles. The lowest BCUT2D eigenvalue weighted by atomic mass is 10.3. The van der Waals surface area contributed by atoms with Crippen LogP contribution in [0.4, 0.5) is 5.69 Å². The fourth-order valence-electron chi connectivity index (χ4n) is 1.65. The average molecular weight is 288 g/mol. The maximum atomic E-state index is 12.4. The summed E-state index contributed by atoms with van der Waals surface area (Å²) in [5.41, 5.74) is 5.99. The number of rotatable bonds is 6. The maximum Gasteiger partial charge on any atom is 0.243 e. The van der Waals surface area contributed by atoms with Gasteiger partial charge >= 0.3 is 0 Å². The lowest BCUT2D eigenvalue weighted by molar-refractivity contribution is 0.125. The zero-order valence-electron chi connectivity index (χ0n) is 11.0. The van der Waals surface area contributed by atoms with E-state index in [1.54, 1.807) is 0 Å². The number of hydrogen-bond donors (Lipinski definition) is 3. The molecule has 0 radical (unpaired) electrons. The Bertz CT molecular complexity index is 487. The first-order valence-corrected chi connectivity index (χ1v) is 7.39. The number of nitrogen functional groups attached to an aromatic ring is 1. The van der Waals surface area contributed by atoms with Crippen LogP contribution in [-0.4, -0.2) is 48.2 Å². The van der Waals surface area contributed by atoms with Gasteiger partial charge in [-0.25, -0.2) is 8.42 Å². The zero-order valence-corrected chi connectivity index (χ0v) is 11.8. The van der Waals surface area contributed by atoms with Gasteiger partial charge in [-0.3, -0.25) is 0 Å². The van der Waals surface area contributed by atoms with E-state index in [1.165, 1.54) is 38.1 Å². The third-order valence-corrected chi connectivity index (χ3v) is 4.30. The normalized spacial score (nSPS) is 15.4. The van der Waals surface area contributed by atoms with Crippen LogP contribution in [0, 0.1) is 0 Å². The van der Waals surface area contributed by atoms with E-state index in [4.69, 9.17) is 5.73 Å². The van der Waals surface area contributed by atoms with Gasteiger partial charge in [0.15, 0.2) is 0 Å². The van der Waals surface area contributed by atoms with Crippen LogP contribution in [0.25, 0.3) is 0 Å². The maximum absolute atomic E-state index is 12.4. The summed E-state index contributed by atoms with van der Waals surface area (Å²) in [6, 6.07) is 5.80. The minimum absolute atomic E-state index is 0.0718. The molecule has 0 aliphatic heterocycles. The Morgan fingerprint density at radius 2 is 1.53 bits per heavy atom. The molecule has 4 N–H and O–H groups in total. The standard InChI is InChI=1S/C12H20N2O4S/c1-9(15)7-14(8-10(2)16)19(17,18)12-5-3-11(13)4-6-12/h3-6,9-10,15-16H,7-8,13H2,1-2H3/t9-,10-/m1/s1. The Balaban J connectivity index is 3.07. The third-order valence-electron chi connectivity index (χ3n) is 2.45. The van der Waals surface area contributed by atoms with Crippen molar-refractivity contribution in [3.05, 3.63) is 24.3 Å². The second kappa shape index (κ2) is 6.33. The van der Waals surface area contributed by atoms with Crippen molar-refractivity contribution in [2.24, 2.45) is 0 Å². The molecule has 6 nitrogen and oxygen atoms in total. The van der Waals surface area contributed by atoms with Gasteiger partial charge in [-0.05, 0) is 38.1 Å². The fourth-order valence-corrected chi connectivity index (χ4v) is 3.25. The first kappa shape index (κ1) is 15.9. The molecule has 2 atom stereocenters. The number of anilines is 1. The Kier molecular flexibility index (Phi) is 5.30. The minimum atomic E-state index is -3.75. The highest BCUT2D eigenvalue weighted by atomic mass is 32.2. The molecule has 0 aliphatic rings. The molecule has 19 heavy (non-hydrogen) atoms. The van der Waals surface area contributed by atoms with E-state index in [-0.39, 0.29) is 18.0 Å². The van der Waals surface area contributed by atoms with Crippen molar-refractivity contribution in [2.75, 3.05) is 18.8 Å². The summed E-state index contributed by atoms with van der Waals surface area (Å²) in [5, 5.41) is 18.8. The number of sulfonamides is 1. The van der Waals surface area contributed by atoms with Crippen LogP contribution in [0.3, 0.4) is 0 Å². The van der Waals surface area contributed by atoms with E-state index in [1.807, 2.05) is 0 Å². The van der Waals surface area contributed by atoms with E-state index < -0.39 is 22.2 Å². The lowest BCUT2D eigenvalue weighted by Crippen LogP contribution is -2.40. The summed E-state index contributed by atoms with van der Waals surface area (Å²) >= 11 is 0. The van der Waals surface area contributed by atoms with Crippen LogP contribution in [0.15, 0.2) is 29.2 Å². The van der Waals surface area contributed by atoms with Crippen LogP contribution in [0.5, 0.6) is 0 Å². The molecule has 0 fully saturated rings. The van der Waals surface area contributed by atoms with E-state index in [0.29, 0.717) is 5.69 Å². The average Bonchev–Trinajstić information content (AvgIpc) is 2.27. The Morgan fingerprint density at radius 3 is 1.89 bits per heavy atom. The summed E-state index contributed by atoms with van der Waals surface area (Å²) in [5.74, 6) is 0. The molecular weight excluding hydrogens is 268 g/mol. The second-order valence-corrected chi connectivity index (χ2v) is 6.53. The van der Waals surface area contributed by atoms with Crippen molar-refractivity contribution >= 4 is 15.7 Å². The number of aliphatic hydroxyl groups excluding tert-OH is 2. The Labute approximate surface area is 113 Å². The molecule has 0 aromatic heterocycles. The Morgan fingerprint density at radius 1 is 1.11 bits per heavy atom. The number of nitrogens with zero attached hydrogens (tertiary/aromatic N) is 1. The van der Waals surface area contributed by atoms with Crippen molar-refractivity contribution in [3.8, 4) is 0 Å². The van der Waals surface area contributed by atoms with Gasteiger partial charge in [-0.15, -0.1) is 0 Å². The SMILES string of the molecule is C[C@@H](O)CN(C[C@@H](C)O)S(=O)(=O)c1ccc(N)cc1. The first-order chi connectivity index (χ1) is 8.73. The van der Waals surface area contributed by atoms with Crippen LogP contribution in [0.2, 0.25) is 0 Å². The molecule has 0 amide bonds. The van der Waals surface area contributed by atoms with E-state index in [2.05, 4.69) is 0 Å². The largest absolute Gasteiger partial charge is 0.399 e. The van der Waals surface area contributed by atoms with E-state index in [9.17, 15) is 18.6 Å². The highest BCUT2D eigenvalue weighted by Gasteiger charge is 2.26. The molecule has 1 rings (SSSR count). The number of nitrogens with two attached hydrogens (primary N) is 1. The van der Waals surface area contributed by atoms with Gasteiger partial charge in [-0.1, -0.05) is 0 Å². The van der Waals surface area contributed by atoms with E-state index >= 15 is 0 Å². The highest BCUT2D eigenvalue weighted by Crippen LogP contribution is 2.18. The first-order valence-electron chi connectivity index (χ1n) is 5.95. The highest BCUT2D eigenvalue weighted by molar-refractivity contribution is 7.89. The number of aliphatic hydroxyl groups is 2.